The Kier molecular flexibility index (Phi) is 6.42. The smallest absolute Gasteiger partial charge is 0.315 e. The zero-order chi connectivity index (χ0) is 19.8. The first kappa shape index (κ1) is 19.2. The van der Waals surface area contributed by atoms with Crippen LogP contribution in [0.4, 0.5) is 4.79 Å². The first-order valence-corrected chi connectivity index (χ1v) is 9.17. The lowest BCUT2D eigenvalue weighted by atomic mass is 10.1. The molecule has 0 aliphatic carbocycles. The molecule has 2 aromatic carbocycles. The second-order valence-electron chi connectivity index (χ2n) is 6.36. The predicted octanol–water partition coefficient (Wildman–Crippen LogP) is 2.46. The number of benzene rings is 2. The van der Waals surface area contributed by atoms with Gasteiger partial charge in [0.15, 0.2) is 0 Å². The van der Waals surface area contributed by atoms with E-state index in [1.54, 1.807) is 12.1 Å². The Bertz CT molecular complexity index is 1050. The van der Waals surface area contributed by atoms with E-state index in [9.17, 15) is 9.59 Å². The minimum absolute atomic E-state index is 0.0857. The van der Waals surface area contributed by atoms with Gasteiger partial charge >= 0.3 is 6.03 Å². The van der Waals surface area contributed by atoms with Crippen molar-refractivity contribution in [3.63, 3.8) is 0 Å². The molecule has 1 heterocycles. The topological polar surface area (TPSA) is 76.0 Å². The Hall–Kier alpha value is -3.59. The molecule has 0 fully saturated rings. The SMILES string of the molecule is C#CCn1nc(CNC(=O)NCCCc2ccccc2)c2ccccc2c1=O. The van der Waals surface area contributed by atoms with Crippen molar-refractivity contribution in [3.8, 4) is 12.3 Å². The molecule has 2 N–H and O–H groups in total. The highest BCUT2D eigenvalue weighted by atomic mass is 16.2. The molecule has 0 spiro atoms. The molecule has 2 amide bonds. The van der Waals surface area contributed by atoms with E-state index < -0.39 is 0 Å². The third-order valence-electron chi connectivity index (χ3n) is 4.37. The van der Waals surface area contributed by atoms with Crippen LogP contribution in [0.25, 0.3) is 10.8 Å². The number of aryl methyl sites for hydroxylation is 1. The highest BCUT2D eigenvalue weighted by Crippen LogP contribution is 2.13. The monoisotopic (exact) mass is 374 g/mol. The van der Waals surface area contributed by atoms with Crippen LogP contribution >= 0.6 is 0 Å². The first-order chi connectivity index (χ1) is 13.7. The van der Waals surface area contributed by atoms with Gasteiger partial charge in [0.05, 0.1) is 17.6 Å². The molecule has 1 aromatic heterocycles. The molecule has 3 rings (SSSR count). The normalized spacial score (nSPS) is 10.4. The Morgan fingerprint density at radius 1 is 1.04 bits per heavy atom. The van der Waals surface area contributed by atoms with Gasteiger partial charge in [-0.25, -0.2) is 9.48 Å². The maximum absolute atomic E-state index is 12.4. The van der Waals surface area contributed by atoms with Gasteiger partial charge in [-0.1, -0.05) is 54.5 Å². The van der Waals surface area contributed by atoms with E-state index >= 15 is 0 Å². The summed E-state index contributed by atoms with van der Waals surface area (Å²) >= 11 is 0. The van der Waals surface area contributed by atoms with Crippen LogP contribution in [-0.2, 0) is 19.5 Å². The van der Waals surface area contributed by atoms with Crippen LogP contribution in [0.1, 0.15) is 17.7 Å². The fourth-order valence-corrected chi connectivity index (χ4v) is 3.00. The van der Waals surface area contributed by atoms with Crippen LogP contribution in [0, 0.1) is 12.3 Å². The molecular formula is C22H22N4O2. The molecule has 0 saturated heterocycles. The highest BCUT2D eigenvalue weighted by molar-refractivity contribution is 5.84. The van der Waals surface area contributed by atoms with Crippen LogP contribution in [0.3, 0.4) is 0 Å². The first-order valence-electron chi connectivity index (χ1n) is 9.17. The summed E-state index contributed by atoms with van der Waals surface area (Å²) < 4.78 is 1.25. The fourth-order valence-electron chi connectivity index (χ4n) is 3.00. The lowest BCUT2D eigenvalue weighted by Gasteiger charge is -2.11. The molecule has 6 nitrogen and oxygen atoms in total. The summed E-state index contributed by atoms with van der Waals surface area (Å²) in [6.07, 6.45) is 7.09. The van der Waals surface area contributed by atoms with Crippen molar-refractivity contribution < 1.29 is 4.79 Å². The van der Waals surface area contributed by atoms with Gasteiger partial charge < -0.3 is 10.6 Å². The number of amides is 2. The lowest BCUT2D eigenvalue weighted by molar-refractivity contribution is 0.240. The van der Waals surface area contributed by atoms with Crippen LogP contribution in [0.15, 0.2) is 59.4 Å². The zero-order valence-corrected chi connectivity index (χ0v) is 15.5. The molecule has 6 heteroatoms. The third kappa shape index (κ3) is 4.77. The average Bonchev–Trinajstić information content (AvgIpc) is 2.73. The number of hydrogen-bond acceptors (Lipinski definition) is 3. The summed E-state index contributed by atoms with van der Waals surface area (Å²) in [6, 6.07) is 17.1. The number of carbonyl (C=O) groups excluding carboxylic acids is 1. The fraction of sp³-hybridized carbons (Fsp3) is 0.227. The quantitative estimate of drug-likeness (QED) is 0.493. The van der Waals surface area contributed by atoms with E-state index in [1.807, 2.05) is 30.3 Å². The molecule has 0 saturated carbocycles. The summed E-state index contributed by atoms with van der Waals surface area (Å²) in [4.78, 5) is 24.5. The summed E-state index contributed by atoms with van der Waals surface area (Å²) in [5, 5.41) is 11.2. The molecule has 0 aliphatic rings. The van der Waals surface area contributed by atoms with E-state index in [-0.39, 0.29) is 24.7 Å². The summed E-state index contributed by atoms with van der Waals surface area (Å²) in [7, 11) is 0. The number of aromatic nitrogens is 2. The molecule has 3 aromatic rings. The van der Waals surface area contributed by atoms with Gasteiger partial charge in [0.1, 0.15) is 6.54 Å². The highest BCUT2D eigenvalue weighted by Gasteiger charge is 2.10. The minimum Gasteiger partial charge on any atom is -0.338 e. The van der Waals surface area contributed by atoms with Gasteiger partial charge in [0.2, 0.25) is 0 Å². The number of nitrogens with one attached hydrogen (secondary N) is 2. The van der Waals surface area contributed by atoms with Crippen LogP contribution < -0.4 is 16.2 Å². The molecule has 0 unspecified atom stereocenters. The number of fused-ring (bicyclic) bond motifs is 1. The van der Waals surface area contributed by atoms with Gasteiger partial charge in [-0.3, -0.25) is 4.79 Å². The van der Waals surface area contributed by atoms with E-state index in [0.717, 1.165) is 12.8 Å². The van der Waals surface area contributed by atoms with Crippen molar-refractivity contribution in [3.05, 3.63) is 76.2 Å². The molecule has 142 valence electrons. The Balaban J connectivity index is 1.58. The zero-order valence-electron chi connectivity index (χ0n) is 15.5. The predicted molar refractivity (Wildman–Crippen MR) is 110 cm³/mol. The molecular weight excluding hydrogens is 352 g/mol. The lowest BCUT2D eigenvalue weighted by Crippen LogP contribution is -2.36. The van der Waals surface area contributed by atoms with Crippen molar-refractivity contribution in [1.29, 1.82) is 0 Å². The largest absolute Gasteiger partial charge is 0.338 e. The second kappa shape index (κ2) is 9.38. The number of terminal acetylenes is 1. The van der Waals surface area contributed by atoms with Crippen molar-refractivity contribution in [1.82, 2.24) is 20.4 Å². The van der Waals surface area contributed by atoms with Crippen LogP contribution in [0.5, 0.6) is 0 Å². The van der Waals surface area contributed by atoms with Crippen molar-refractivity contribution in [2.24, 2.45) is 0 Å². The molecule has 0 atom stereocenters. The molecule has 0 aliphatic heterocycles. The van der Waals surface area contributed by atoms with Crippen molar-refractivity contribution in [2.75, 3.05) is 6.54 Å². The summed E-state index contributed by atoms with van der Waals surface area (Å²) in [6.45, 7) is 0.865. The van der Waals surface area contributed by atoms with Gasteiger partial charge in [-0.2, -0.15) is 5.10 Å². The van der Waals surface area contributed by atoms with Gasteiger partial charge in [0, 0.05) is 11.9 Å². The van der Waals surface area contributed by atoms with Gasteiger partial charge in [-0.05, 0) is 24.5 Å². The van der Waals surface area contributed by atoms with Crippen molar-refractivity contribution in [2.45, 2.75) is 25.9 Å². The minimum atomic E-state index is -0.270. The maximum Gasteiger partial charge on any atom is 0.315 e. The third-order valence-corrected chi connectivity index (χ3v) is 4.37. The van der Waals surface area contributed by atoms with E-state index in [4.69, 9.17) is 6.42 Å². The van der Waals surface area contributed by atoms with E-state index in [1.165, 1.54) is 10.2 Å². The number of hydrogen-bond donors (Lipinski definition) is 2. The van der Waals surface area contributed by atoms with Gasteiger partial charge in [0.25, 0.3) is 5.56 Å². The number of nitrogens with zero attached hydrogens (tertiary/aromatic N) is 2. The molecule has 0 radical (unpaired) electrons. The van der Waals surface area contributed by atoms with Crippen molar-refractivity contribution >= 4 is 16.8 Å². The van der Waals surface area contributed by atoms with Gasteiger partial charge in [-0.15, -0.1) is 6.42 Å². The number of urea groups is 1. The van der Waals surface area contributed by atoms with Crippen LogP contribution in [-0.4, -0.2) is 22.4 Å². The van der Waals surface area contributed by atoms with E-state index in [0.29, 0.717) is 23.0 Å². The maximum atomic E-state index is 12.4. The van der Waals surface area contributed by atoms with E-state index in [2.05, 4.69) is 33.8 Å². The van der Waals surface area contributed by atoms with Crippen LogP contribution in [0.2, 0.25) is 0 Å². The number of carbonyl (C=O) groups is 1. The standard InChI is InChI=1S/C22H22N4O2/c1-2-15-26-21(27)19-13-7-6-12-18(19)20(25-26)16-24-22(28)23-14-8-11-17-9-4-3-5-10-17/h1,3-7,9-10,12-13H,8,11,14-16H2,(H2,23,24,28). The Morgan fingerprint density at radius 3 is 2.50 bits per heavy atom. The summed E-state index contributed by atoms with van der Waals surface area (Å²) in [5.74, 6) is 2.43. The molecule has 28 heavy (non-hydrogen) atoms. The Morgan fingerprint density at radius 2 is 1.75 bits per heavy atom. The summed E-state index contributed by atoms with van der Waals surface area (Å²) in [5.41, 5.74) is 1.61. The molecule has 0 bridgehead atoms. The second-order valence-corrected chi connectivity index (χ2v) is 6.36. The Labute approximate surface area is 163 Å². The average molecular weight is 374 g/mol. The number of rotatable bonds is 7.